The van der Waals surface area contributed by atoms with Crippen molar-refractivity contribution in [2.24, 2.45) is 0 Å². The summed E-state index contributed by atoms with van der Waals surface area (Å²) in [5, 5.41) is 13.1. The summed E-state index contributed by atoms with van der Waals surface area (Å²) < 4.78 is 10.2. The van der Waals surface area contributed by atoms with E-state index in [4.69, 9.17) is 9.47 Å². The zero-order valence-corrected chi connectivity index (χ0v) is 12.1. The van der Waals surface area contributed by atoms with E-state index in [1.54, 1.807) is 7.11 Å². The first-order chi connectivity index (χ1) is 9.15. The predicted molar refractivity (Wildman–Crippen MR) is 76.3 cm³/mol. The lowest BCUT2D eigenvalue weighted by molar-refractivity contribution is 0.0130. The minimum Gasteiger partial charge on any atom is -0.389 e. The van der Waals surface area contributed by atoms with E-state index in [1.807, 2.05) is 12.1 Å². The maximum Gasteiger partial charge on any atom is 0.0897 e. The van der Waals surface area contributed by atoms with Gasteiger partial charge in [0.05, 0.1) is 25.9 Å². The van der Waals surface area contributed by atoms with Crippen molar-refractivity contribution in [3.05, 3.63) is 35.4 Å². The van der Waals surface area contributed by atoms with Gasteiger partial charge in [0.1, 0.15) is 0 Å². The normalized spacial score (nSPS) is 14.3. The number of nitrogens with one attached hydrogen (secondary N) is 1. The molecule has 0 bridgehead atoms. The fourth-order valence-electron chi connectivity index (χ4n) is 1.92. The molecule has 4 nitrogen and oxygen atoms in total. The van der Waals surface area contributed by atoms with Crippen LogP contribution < -0.4 is 5.32 Å². The molecule has 1 rings (SSSR count). The zero-order chi connectivity index (χ0) is 14.1. The van der Waals surface area contributed by atoms with Crippen molar-refractivity contribution < 1.29 is 14.6 Å². The number of aliphatic hydroxyl groups is 1. The van der Waals surface area contributed by atoms with E-state index in [1.165, 1.54) is 11.1 Å². The Hall–Kier alpha value is -0.940. The van der Waals surface area contributed by atoms with E-state index in [2.05, 4.69) is 31.3 Å². The summed E-state index contributed by atoms with van der Waals surface area (Å²) in [6.07, 6.45) is -0.497. The second-order valence-corrected chi connectivity index (χ2v) is 4.71. The van der Waals surface area contributed by atoms with Gasteiger partial charge in [-0.2, -0.15) is 0 Å². The van der Waals surface area contributed by atoms with Gasteiger partial charge >= 0.3 is 0 Å². The number of ether oxygens (including phenoxy) is 2. The fourth-order valence-corrected chi connectivity index (χ4v) is 1.92. The van der Waals surface area contributed by atoms with Gasteiger partial charge in [0, 0.05) is 19.7 Å². The largest absolute Gasteiger partial charge is 0.389 e. The molecule has 0 saturated carbocycles. The Labute approximate surface area is 115 Å². The summed E-state index contributed by atoms with van der Waals surface area (Å²) in [6, 6.07) is 8.48. The first-order valence-corrected chi connectivity index (χ1v) is 6.68. The minimum absolute atomic E-state index is 0.217. The van der Waals surface area contributed by atoms with Crippen LogP contribution in [-0.2, 0) is 9.47 Å². The highest BCUT2D eigenvalue weighted by molar-refractivity contribution is 5.28. The van der Waals surface area contributed by atoms with E-state index >= 15 is 0 Å². The van der Waals surface area contributed by atoms with Gasteiger partial charge in [0.2, 0.25) is 0 Å². The molecule has 0 radical (unpaired) electrons. The molecule has 0 aromatic heterocycles. The fraction of sp³-hybridized carbons (Fsp3) is 0.600. The molecule has 108 valence electrons. The molecule has 1 aromatic carbocycles. The summed E-state index contributed by atoms with van der Waals surface area (Å²) in [4.78, 5) is 0. The molecule has 1 unspecified atom stereocenters. The van der Waals surface area contributed by atoms with E-state index < -0.39 is 6.10 Å². The molecule has 2 N–H and O–H groups in total. The van der Waals surface area contributed by atoms with Gasteiger partial charge in [-0.15, -0.1) is 0 Å². The third-order valence-corrected chi connectivity index (χ3v) is 3.06. The summed E-state index contributed by atoms with van der Waals surface area (Å²) in [6.45, 7) is 6.11. The third-order valence-electron chi connectivity index (χ3n) is 3.06. The monoisotopic (exact) mass is 267 g/mol. The Balaban J connectivity index is 2.26. The van der Waals surface area contributed by atoms with Crippen molar-refractivity contribution in [2.45, 2.75) is 26.0 Å². The number of aliphatic hydroxyl groups excluding tert-OH is 1. The molecule has 0 aliphatic carbocycles. The molecule has 0 amide bonds. The Bertz CT molecular complexity index is 357. The van der Waals surface area contributed by atoms with Crippen molar-refractivity contribution >= 4 is 0 Å². The highest BCUT2D eigenvalue weighted by Gasteiger charge is 2.10. The topological polar surface area (TPSA) is 50.7 Å². The number of rotatable bonds is 9. The van der Waals surface area contributed by atoms with Crippen molar-refractivity contribution in [2.75, 3.05) is 33.5 Å². The summed E-state index contributed by atoms with van der Waals surface area (Å²) in [7, 11) is 1.63. The van der Waals surface area contributed by atoms with Crippen LogP contribution in [0.25, 0.3) is 0 Å². The van der Waals surface area contributed by atoms with Crippen molar-refractivity contribution in [1.29, 1.82) is 0 Å². The number of methoxy groups -OCH3 is 1. The Morgan fingerprint density at radius 3 is 2.68 bits per heavy atom. The smallest absolute Gasteiger partial charge is 0.0897 e. The molecule has 0 saturated heterocycles. The van der Waals surface area contributed by atoms with Crippen molar-refractivity contribution in [3.8, 4) is 0 Å². The second-order valence-electron chi connectivity index (χ2n) is 4.71. The lowest BCUT2D eigenvalue weighted by atomic mass is 10.0. The molecule has 2 atom stereocenters. The van der Waals surface area contributed by atoms with Gasteiger partial charge in [-0.1, -0.05) is 24.3 Å². The average molecular weight is 267 g/mol. The van der Waals surface area contributed by atoms with Crippen LogP contribution >= 0.6 is 0 Å². The minimum atomic E-state index is -0.497. The summed E-state index contributed by atoms with van der Waals surface area (Å²) in [5.41, 5.74) is 2.52. The van der Waals surface area contributed by atoms with Gasteiger partial charge in [-0.25, -0.2) is 0 Å². The van der Waals surface area contributed by atoms with Gasteiger partial charge in [-0.3, -0.25) is 0 Å². The van der Waals surface area contributed by atoms with Crippen molar-refractivity contribution in [3.63, 3.8) is 0 Å². The van der Waals surface area contributed by atoms with Crippen LogP contribution in [0.5, 0.6) is 0 Å². The SMILES string of the molecule is COCCOCC(O)CN[C@H](C)c1ccccc1C. The highest BCUT2D eigenvalue weighted by atomic mass is 16.5. The zero-order valence-electron chi connectivity index (χ0n) is 12.1. The number of aryl methyl sites for hydroxylation is 1. The first kappa shape index (κ1) is 16.1. The number of benzene rings is 1. The molecule has 0 aliphatic heterocycles. The maximum absolute atomic E-state index is 9.79. The van der Waals surface area contributed by atoms with Gasteiger partial charge in [-0.05, 0) is 25.0 Å². The van der Waals surface area contributed by atoms with Gasteiger partial charge < -0.3 is 19.9 Å². The predicted octanol–water partition coefficient (Wildman–Crippen LogP) is 1.67. The lowest BCUT2D eigenvalue weighted by Gasteiger charge is -2.19. The van der Waals surface area contributed by atoms with Crippen LogP contribution in [0, 0.1) is 6.92 Å². The van der Waals surface area contributed by atoms with Gasteiger partial charge in [0.15, 0.2) is 0 Å². The average Bonchev–Trinajstić information content (AvgIpc) is 2.41. The molecular formula is C15H25NO3. The van der Waals surface area contributed by atoms with E-state index in [9.17, 15) is 5.11 Å². The molecule has 1 aromatic rings. The molecule has 4 heteroatoms. The van der Waals surface area contributed by atoms with Crippen LogP contribution in [0.2, 0.25) is 0 Å². The van der Waals surface area contributed by atoms with E-state index in [0.717, 1.165) is 0 Å². The molecule has 0 heterocycles. The summed E-state index contributed by atoms with van der Waals surface area (Å²) in [5.74, 6) is 0. The lowest BCUT2D eigenvalue weighted by Crippen LogP contribution is -2.32. The number of hydrogen-bond donors (Lipinski definition) is 2. The standard InChI is InChI=1S/C15H25NO3/c1-12-6-4-5-7-15(12)13(2)16-10-14(17)11-19-9-8-18-3/h4-7,13-14,16-17H,8-11H2,1-3H3/t13-,14?/m1/s1. The molecule has 0 fully saturated rings. The van der Waals surface area contributed by atoms with Crippen LogP contribution in [-0.4, -0.2) is 44.7 Å². The summed E-state index contributed by atoms with van der Waals surface area (Å²) >= 11 is 0. The van der Waals surface area contributed by atoms with Crippen LogP contribution in [0.1, 0.15) is 24.1 Å². The molecular weight excluding hydrogens is 242 g/mol. The first-order valence-electron chi connectivity index (χ1n) is 6.68. The highest BCUT2D eigenvalue weighted by Crippen LogP contribution is 2.16. The Morgan fingerprint density at radius 1 is 1.26 bits per heavy atom. The second kappa shape index (κ2) is 9.04. The van der Waals surface area contributed by atoms with Crippen LogP contribution in [0.4, 0.5) is 0 Å². The third kappa shape index (κ3) is 6.16. The van der Waals surface area contributed by atoms with Crippen LogP contribution in [0.15, 0.2) is 24.3 Å². The molecule has 0 spiro atoms. The molecule has 19 heavy (non-hydrogen) atoms. The maximum atomic E-state index is 9.79. The van der Waals surface area contributed by atoms with E-state index in [0.29, 0.717) is 26.4 Å². The Kier molecular flexibility index (Phi) is 7.67. The number of hydrogen-bond acceptors (Lipinski definition) is 4. The van der Waals surface area contributed by atoms with E-state index in [-0.39, 0.29) is 6.04 Å². The van der Waals surface area contributed by atoms with Crippen LogP contribution in [0.3, 0.4) is 0 Å². The molecule has 0 aliphatic rings. The quantitative estimate of drug-likeness (QED) is 0.668. The van der Waals surface area contributed by atoms with Gasteiger partial charge in [0.25, 0.3) is 0 Å². The Morgan fingerprint density at radius 2 is 2.00 bits per heavy atom. The van der Waals surface area contributed by atoms with Crippen molar-refractivity contribution in [1.82, 2.24) is 5.32 Å².